The molecule has 0 radical (unpaired) electrons. The molecule has 0 bridgehead atoms. The summed E-state index contributed by atoms with van der Waals surface area (Å²) in [7, 11) is 0. The summed E-state index contributed by atoms with van der Waals surface area (Å²) in [6.07, 6.45) is 6.72. The van der Waals surface area contributed by atoms with E-state index in [4.69, 9.17) is 0 Å². The average Bonchev–Trinajstić information content (AvgIpc) is 3.09. The van der Waals surface area contributed by atoms with Gasteiger partial charge in [0.05, 0.1) is 6.54 Å². The second-order valence-electron chi connectivity index (χ2n) is 5.24. The number of hydrogen-bond acceptors (Lipinski definition) is 6. The fourth-order valence-electron chi connectivity index (χ4n) is 2.46. The maximum Gasteiger partial charge on any atom is 0.271 e. The Labute approximate surface area is 128 Å². The molecule has 1 aliphatic heterocycles. The predicted octanol–water partition coefficient (Wildman–Crippen LogP) is 0.488. The van der Waals surface area contributed by atoms with E-state index in [0.29, 0.717) is 18.8 Å². The van der Waals surface area contributed by atoms with Crippen molar-refractivity contribution in [1.82, 2.24) is 30.3 Å². The molecule has 0 spiro atoms. The monoisotopic (exact) mass is 301 g/mol. The molecule has 1 N–H and O–H groups in total. The minimum absolute atomic E-state index is 0.224. The summed E-state index contributed by atoms with van der Waals surface area (Å²) in [5.74, 6) is 0.622. The summed E-state index contributed by atoms with van der Waals surface area (Å²) >= 11 is 0. The summed E-state index contributed by atoms with van der Waals surface area (Å²) < 4.78 is 1.66. The molecule has 0 aromatic carbocycles. The van der Waals surface area contributed by atoms with Crippen molar-refractivity contribution < 1.29 is 4.79 Å². The molecular formula is C14H19N7O. The number of rotatable bonds is 5. The van der Waals surface area contributed by atoms with Crippen molar-refractivity contribution in [2.45, 2.75) is 25.8 Å². The Bertz CT molecular complexity index is 590. The molecule has 3 heterocycles. The topological polar surface area (TPSA) is 88.8 Å². The molecule has 1 aliphatic rings. The number of carbonyl (C=O) groups excluding carboxylic acids is 1. The number of amides is 1. The van der Waals surface area contributed by atoms with Gasteiger partial charge >= 0.3 is 0 Å². The minimum atomic E-state index is -0.224. The zero-order valence-electron chi connectivity index (χ0n) is 12.4. The van der Waals surface area contributed by atoms with Crippen molar-refractivity contribution in [3.05, 3.63) is 30.5 Å². The molecule has 3 rings (SSSR count). The van der Waals surface area contributed by atoms with Crippen molar-refractivity contribution in [2.75, 3.05) is 24.5 Å². The smallest absolute Gasteiger partial charge is 0.271 e. The molecule has 2 aromatic heterocycles. The van der Waals surface area contributed by atoms with Gasteiger partial charge in [-0.2, -0.15) is 5.10 Å². The molecule has 1 amide bonds. The molecule has 22 heavy (non-hydrogen) atoms. The normalized spacial score (nSPS) is 14.8. The standard InChI is InChI=1S/C14H19N7O/c22-14(16-6-9-21-11-15-10-17-21)12-4-5-13(19-18-12)20-7-2-1-3-8-20/h4-5,10-11H,1-3,6-9H2,(H,16,22). The van der Waals surface area contributed by atoms with E-state index in [2.05, 4.69) is 30.5 Å². The molecule has 0 saturated carbocycles. The SMILES string of the molecule is O=C(NCCn1cncn1)c1ccc(N2CCCCC2)nn1. The van der Waals surface area contributed by atoms with Gasteiger partial charge in [0.2, 0.25) is 0 Å². The molecule has 8 nitrogen and oxygen atoms in total. The van der Waals surface area contributed by atoms with E-state index in [1.807, 2.05) is 6.07 Å². The van der Waals surface area contributed by atoms with Gasteiger partial charge < -0.3 is 10.2 Å². The van der Waals surface area contributed by atoms with Gasteiger partial charge in [0.1, 0.15) is 12.7 Å². The summed E-state index contributed by atoms with van der Waals surface area (Å²) in [5, 5.41) is 15.0. The Kier molecular flexibility index (Phi) is 4.57. The Morgan fingerprint density at radius 2 is 2.05 bits per heavy atom. The molecule has 2 aromatic rings. The van der Waals surface area contributed by atoms with Gasteiger partial charge in [-0.05, 0) is 31.4 Å². The van der Waals surface area contributed by atoms with Gasteiger partial charge in [-0.15, -0.1) is 10.2 Å². The summed E-state index contributed by atoms with van der Waals surface area (Å²) in [6.45, 7) is 3.07. The first kappa shape index (κ1) is 14.4. The van der Waals surface area contributed by atoms with Crippen LogP contribution in [0.15, 0.2) is 24.8 Å². The highest BCUT2D eigenvalue weighted by Crippen LogP contribution is 2.16. The van der Waals surface area contributed by atoms with E-state index < -0.39 is 0 Å². The van der Waals surface area contributed by atoms with Crippen molar-refractivity contribution in [2.24, 2.45) is 0 Å². The van der Waals surface area contributed by atoms with Crippen LogP contribution >= 0.6 is 0 Å². The number of aromatic nitrogens is 5. The van der Waals surface area contributed by atoms with Gasteiger partial charge in [-0.1, -0.05) is 0 Å². The summed E-state index contributed by atoms with van der Waals surface area (Å²) in [4.78, 5) is 18.0. The fraction of sp³-hybridized carbons (Fsp3) is 0.500. The second kappa shape index (κ2) is 6.97. The highest BCUT2D eigenvalue weighted by Gasteiger charge is 2.14. The van der Waals surface area contributed by atoms with E-state index >= 15 is 0 Å². The van der Waals surface area contributed by atoms with E-state index in [-0.39, 0.29) is 5.91 Å². The van der Waals surface area contributed by atoms with Crippen LogP contribution in [0, 0.1) is 0 Å². The molecule has 1 saturated heterocycles. The summed E-state index contributed by atoms with van der Waals surface area (Å²) in [6, 6.07) is 3.59. The Balaban J connectivity index is 1.51. The zero-order chi connectivity index (χ0) is 15.2. The van der Waals surface area contributed by atoms with Crippen LogP contribution in [-0.2, 0) is 6.54 Å². The third kappa shape index (κ3) is 3.57. The van der Waals surface area contributed by atoms with E-state index in [1.54, 1.807) is 17.1 Å². The highest BCUT2D eigenvalue weighted by atomic mass is 16.1. The summed E-state index contributed by atoms with van der Waals surface area (Å²) in [5.41, 5.74) is 0.333. The van der Waals surface area contributed by atoms with Crippen LogP contribution in [0.4, 0.5) is 5.82 Å². The van der Waals surface area contributed by atoms with Gasteiger partial charge in [-0.25, -0.2) is 4.98 Å². The van der Waals surface area contributed by atoms with Crippen molar-refractivity contribution >= 4 is 11.7 Å². The lowest BCUT2D eigenvalue weighted by Crippen LogP contribution is -2.31. The fourth-order valence-corrected chi connectivity index (χ4v) is 2.46. The molecule has 1 fully saturated rings. The van der Waals surface area contributed by atoms with Gasteiger partial charge in [-0.3, -0.25) is 9.48 Å². The van der Waals surface area contributed by atoms with E-state index in [9.17, 15) is 4.79 Å². The number of carbonyl (C=O) groups is 1. The first-order valence-corrected chi connectivity index (χ1v) is 7.52. The first-order valence-electron chi connectivity index (χ1n) is 7.52. The lowest BCUT2D eigenvalue weighted by Gasteiger charge is -2.27. The molecule has 0 unspecified atom stereocenters. The first-order chi connectivity index (χ1) is 10.8. The molecule has 8 heteroatoms. The molecule has 0 aliphatic carbocycles. The van der Waals surface area contributed by atoms with Crippen LogP contribution in [0.2, 0.25) is 0 Å². The molecular weight excluding hydrogens is 282 g/mol. The lowest BCUT2D eigenvalue weighted by molar-refractivity contribution is 0.0946. The lowest BCUT2D eigenvalue weighted by atomic mass is 10.1. The Hall–Kier alpha value is -2.51. The number of nitrogens with zero attached hydrogens (tertiary/aromatic N) is 6. The number of piperidine rings is 1. The maximum atomic E-state index is 12.0. The average molecular weight is 301 g/mol. The third-order valence-corrected chi connectivity index (χ3v) is 3.66. The quantitative estimate of drug-likeness (QED) is 0.864. The van der Waals surface area contributed by atoms with Gasteiger partial charge in [0.15, 0.2) is 11.5 Å². The second-order valence-corrected chi connectivity index (χ2v) is 5.24. The highest BCUT2D eigenvalue weighted by molar-refractivity contribution is 5.92. The zero-order valence-corrected chi connectivity index (χ0v) is 12.4. The maximum absolute atomic E-state index is 12.0. The molecule has 116 valence electrons. The molecule has 0 atom stereocenters. The van der Waals surface area contributed by atoms with Crippen molar-refractivity contribution in [3.63, 3.8) is 0 Å². The third-order valence-electron chi connectivity index (χ3n) is 3.66. The number of hydrogen-bond donors (Lipinski definition) is 1. The van der Waals surface area contributed by atoms with Gasteiger partial charge in [0.25, 0.3) is 5.91 Å². The van der Waals surface area contributed by atoms with Crippen molar-refractivity contribution in [1.29, 1.82) is 0 Å². The minimum Gasteiger partial charge on any atom is -0.355 e. The largest absolute Gasteiger partial charge is 0.355 e. The number of nitrogens with one attached hydrogen (secondary N) is 1. The van der Waals surface area contributed by atoms with Crippen LogP contribution in [0.1, 0.15) is 29.8 Å². The van der Waals surface area contributed by atoms with Crippen LogP contribution in [0.25, 0.3) is 0 Å². The predicted molar refractivity (Wildman–Crippen MR) is 80.5 cm³/mol. The van der Waals surface area contributed by atoms with Crippen molar-refractivity contribution in [3.8, 4) is 0 Å². The van der Waals surface area contributed by atoms with E-state index in [0.717, 1.165) is 18.9 Å². The van der Waals surface area contributed by atoms with Crippen LogP contribution in [-0.4, -0.2) is 50.5 Å². The van der Waals surface area contributed by atoms with Crippen LogP contribution in [0.3, 0.4) is 0 Å². The Morgan fingerprint density at radius 3 is 2.73 bits per heavy atom. The van der Waals surface area contributed by atoms with E-state index in [1.165, 1.54) is 25.6 Å². The van der Waals surface area contributed by atoms with Crippen LogP contribution < -0.4 is 10.2 Å². The van der Waals surface area contributed by atoms with Crippen LogP contribution in [0.5, 0.6) is 0 Å². The Morgan fingerprint density at radius 1 is 1.18 bits per heavy atom. The van der Waals surface area contributed by atoms with Gasteiger partial charge in [0, 0.05) is 19.6 Å². The number of anilines is 1.